The first-order chi connectivity index (χ1) is 11.7. The highest BCUT2D eigenvalue weighted by Gasteiger charge is 2.31. The van der Waals surface area contributed by atoms with Crippen LogP contribution in [0, 0.1) is 5.82 Å². The molecule has 6 nitrogen and oxygen atoms in total. The molecular formula is C16H16FNO5S2. The summed E-state index contributed by atoms with van der Waals surface area (Å²) < 4.78 is 41.9. The normalized spacial score (nSPS) is 20.3. The first-order valence-electron chi connectivity index (χ1n) is 7.64. The number of rotatable bonds is 4. The van der Waals surface area contributed by atoms with Gasteiger partial charge in [-0.05, 0) is 43.0 Å². The molecule has 0 bridgehead atoms. The third-order valence-corrected chi connectivity index (χ3v) is 6.78. The van der Waals surface area contributed by atoms with Gasteiger partial charge in [-0.1, -0.05) is 0 Å². The molecule has 1 N–H and O–H groups in total. The maximum Gasteiger partial charge on any atom is 0.349 e. The van der Waals surface area contributed by atoms with E-state index in [-0.39, 0.29) is 16.4 Å². The van der Waals surface area contributed by atoms with Crippen LogP contribution in [0.5, 0.6) is 0 Å². The number of esters is 1. The zero-order valence-electron chi connectivity index (χ0n) is 13.3. The number of nitrogens with one attached hydrogen (secondary N) is 1. The number of thiophene rings is 1. The molecule has 1 saturated heterocycles. The third-order valence-electron chi connectivity index (χ3n) is 3.91. The molecule has 0 unspecified atom stereocenters. The fourth-order valence-corrected chi connectivity index (χ4v) is 5.21. The van der Waals surface area contributed by atoms with E-state index in [2.05, 4.69) is 5.32 Å². The number of amides is 1. The van der Waals surface area contributed by atoms with Crippen molar-refractivity contribution in [1.82, 2.24) is 5.32 Å². The highest BCUT2D eigenvalue weighted by molar-refractivity contribution is 7.91. The second-order valence-electron chi connectivity index (χ2n) is 5.95. The van der Waals surface area contributed by atoms with Crippen LogP contribution in [0.1, 0.15) is 23.0 Å². The number of benzene rings is 1. The Balaban J connectivity index is 1.62. The zero-order chi connectivity index (χ0) is 18.2. The lowest BCUT2D eigenvalue weighted by Gasteiger charge is -2.16. The fraction of sp³-hybridized carbons (Fsp3) is 0.375. The molecule has 0 radical (unpaired) electrons. The molecule has 0 spiro atoms. The van der Waals surface area contributed by atoms with Crippen LogP contribution < -0.4 is 5.32 Å². The molecule has 3 rings (SSSR count). The Morgan fingerprint density at radius 2 is 2.12 bits per heavy atom. The van der Waals surface area contributed by atoms with E-state index >= 15 is 0 Å². The molecule has 25 heavy (non-hydrogen) atoms. The lowest BCUT2D eigenvalue weighted by Crippen LogP contribution is -2.42. The summed E-state index contributed by atoms with van der Waals surface area (Å²) in [6.45, 7) is 1.42. The minimum absolute atomic E-state index is 0.0461. The van der Waals surface area contributed by atoms with E-state index < -0.39 is 39.7 Å². The van der Waals surface area contributed by atoms with Crippen molar-refractivity contribution in [3.8, 4) is 0 Å². The fourth-order valence-electron chi connectivity index (χ4n) is 2.61. The molecule has 134 valence electrons. The predicted molar refractivity (Wildman–Crippen MR) is 91.9 cm³/mol. The Morgan fingerprint density at radius 3 is 2.80 bits per heavy atom. The van der Waals surface area contributed by atoms with Crippen LogP contribution in [0.2, 0.25) is 0 Å². The largest absolute Gasteiger partial charge is 0.448 e. The molecule has 1 aliphatic rings. The second-order valence-corrected chi connectivity index (χ2v) is 9.26. The van der Waals surface area contributed by atoms with E-state index in [1.807, 2.05) is 0 Å². The second kappa shape index (κ2) is 6.72. The highest BCUT2D eigenvalue weighted by atomic mass is 32.2. The van der Waals surface area contributed by atoms with Crippen molar-refractivity contribution in [2.24, 2.45) is 0 Å². The van der Waals surface area contributed by atoms with Gasteiger partial charge in [0, 0.05) is 10.7 Å². The lowest BCUT2D eigenvalue weighted by atomic mass is 10.2. The minimum Gasteiger partial charge on any atom is -0.448 e. The quantitative estimate of drug-likeness (QED) is 0.812. The summed E-state index contributed by atoms with van der Waals surface area (Å²) in [6.07, 6.45) is -0.700. The molecule has 1 aromatic carbocycles. The van der Waals surface area contributed by atoms with Gasteiger partial charge in [-0.25, -0.2) is 17.6 Å². The van der Waals surface area contributed by atoms with Gasteiger partial charge in [-0.15, -0.1) is 11.3 Å². The van der Waals surface area contributed by atoms with Crippen LogP contribution >= 0.6 is 11.3 Å². The summed E-state index contributed by atoms with van der Waals surface area (Å²) in [4.78, 5) is 24.5. The molecular weight excluding hydrogens is 369 g/mol. The Morgan fingerprint density at radius 1 is 1.36 bits per heavy atom. The van der Waals surface area contributed by atoms with Crippen molar-refractivity contribution in [1.29, 1.82) is 0 Å². The first-order valence-corrected chi connectivity index (χ1v) is 10.3. The summed E-state index contributed by atoms with van der Waals surface area (Å²) in [6, 6.07) is 5.26. The van der Waals surface area contributed by atoms with Gasteiger partial charge in [0.1, 0.15) is 10.7 Å². The Hall–Kier alpha value is -2.00. The monoisotopic (exact) mass is 385 g/mol. The number of fused-ring (bicyclic) bond motifs is 1. The van der Waals surface area contributed by atoms with E-state index in [4.69, 9.17) is 4.74 Å². The molecule has 1 aromatic heterocycles. The number of sulfone groups is 1. The molecule has 2 heterocycles. The van der Waals surface area contributed by atoms with E-state index in [1.54, 1.807) is 6.07 Å². The smallest absolute Gasteiger partial charge is 0.349 e. The number of halogens is 1. The maximum absolute atomic E-state index is 13.2. The average molecular weight is 385 g/mol. The van der Waals surface area contributed by atoms with Gasteiger partial charge in [0.05, 0.1) is 11.5 Å². The van der Waals surface area contributed by atoms with E-state index in [1.165, 1.54) is 25.1 Å². The molecule has 1 aliphatic heterocycles. The number of hydrogen-bond donors (Lipinski definition) is 1. The molecule has 1 amide bonds. The Bertz CT molecular complexity index is 937. The van der Waals surface area contributed by atoms with Gasteiger partial charge in [0.2, 0.25) is 0 Å². The molecule has 9 heteroatoms. The minimum atomic E-state index is -3.10. The first kappa shape index (κ1) is 17.8. The molecule has 2 aromatic rings. The number of ether oxygens (including phenoxy) is 1. The van der Waals surface area contributed by atoms with Gasteiger partial charge in [0.15, 0.2) is 15.9 Å². The zero-order valence-corrected chi connectivity index (χ0v) is 15.0. The van der Waals surface area contributed by atoms with Gasteiger partial charge in [-0.3, -0.25) is 4.79 Å². The number of carbonyl (C=O) groups excluding carboxylic acids is 2. The van der Waals surface area contributed by atoms with Crippen LogP contribution in [-0.2, 0) is 19.4 Å². The lowest BCUT2D eigenvalue weighted by molar-refractivity contribution is -0.129. The highest BCUT2D eigenvalue weighted by Crippen LogP contribution is 2.27. The Kier molecular flexibility index (Phi) is 4.79. The standard InChI is InChI=1S/C16H16FNO5S2/c1-9(15(19)18-12-4-5-25(21,22)8-12)23-16(20)14-7-10-6-11(17)2-3-13(10)24-14/h2-3,6-7,9,12H,4-5,8H2,1H3,(H,18,19)/t9-,12+/m1/s1. The van der Waals surface area contributed by atoms with E-state index in [0.29, 0.717) is 11.8 Å². The average Bonchev–Trinajstić information content (AvgIpc) is 3.09. The van der Waals surface area contributed by atoms with Crippen LogP contribution in [-0.4, -0.2) is 43.9 Å². The third kappa shape index (κ3) is 4.16. The van der Waals surface area contributed by atoms with Gasteiger partial charge in [0.25, 0.3) is 5.91 Å². The van der Waals surface area contributed by atoms with Crippen molar-refractivity contribution in [3.63, 3.8) is 0 Å². The van der Waals surface area contributed by atoms with Crippen molar-refractivity contribution < 1.29 is 27.1 Å². The number of carbonyl (C=O) groups is 2. The molecule has 0 saturated carbocycles. The molecule has 2 atom stereocenters. The predicted octanol–water partition coefficient (Wildman–Crippen LogP) is 1.89. The number of hydrogen-bond acceptors (Lipinski definition) is 6. The van der Waals surface area contributed by atoms with E-state index in [0.717, 1.165) is 16.0 Å². The summed E-state index contributed by atoms with van der Waals surface area (Å²) in [5.74, 6) is -1.67. The van der Waals surface area contributed by atoms with E-state index in [9.17, 15) is 22.4 Å². The summed E-state index contributed by atoms with van der Waals surface area (Å²) in [7, 11) is -3.10. The van der Waals surface area contributed by atoms with Crippen molar-refractivity contribution in [2.75, 3.05) is 11.5 Å². The van der Waals surface area contributed by atoms with Crippen LogP contribution in [0.25, 0.3) is 10.1 Å². The molecule has 0 aliphatic carbocycles. The summed E-state index contributed by atoms with van der Waals surface area (Å²) >= 11 is 1.15. The van der Waals surface area contributed by atoms with Crippen molar-refractivity contribution in [2.45, 2.75) is 25.5 Å². The Labute approximate surface area is 147 Å². The molecule has 1 fully saturated rings. The summed E-state index contributed by atoms with van der Waals surface area (Å²) in [5.41, 5.74) is 0. The van der Waals surface area contributed by atoms with Crippen molar-refractivity contribution >= 4 is 43.1 Å². The van der Waals surface area contributed by atoms with Gasteiger partial charge < -0.3 is 10.1 Å². The van der Waals surface area contributed by atoms with Crippen LogP contribution in [0.3, 0.4) is 0 Å². The topological polar surface area (TPSA) is 89.5 Å². The van der Waals surface area contributed by atoms with Gasteiger partial charge >= 0.3 is 5.97 Å². The SMILES string of the molecule is C[C@@H](OC(=O)c1cc2cc(F)ccc2s1)C(=O)N[C@H]1CCS(=O)(=O)C1. The van der Waals surface area contributed by atoms with Crippen LogP contribution in [0.4, 0.5) is 4.39 Å². The maximum atomic E-state index is 13.2. The van der Waals surface area contributed by atoms with Gasteiger partial charge in [-0.2, -0.15) is 0 Å². The van der Waals surface area contributed by atoms with Crippen LogP contribution in [0.15, 0.2) is 24.3 Å². The van der Waals surface area contributed by atoms with Crippen molar-refractivity contribution in [3.05, 3.63) is 35.0 Å². The summed E-state index contributed by atoms with van der Waals surface area (Å²) in [5, 5.41) is 3.17.